The van der Waals surface area contributed by atoms with Crippen molar-refractivity contribution in [2.75, 3.05) is 7.11 Å². The van der Waals surface area contributed by atoms with Gasteiger partial charge in [-0.2, -0.15) is 5.26 Å². The number of nitriles is 1. The summed E-state index contributed by atoms with van der Waals surface area (Å²) >= 11 is 0. The molecule has 1 N–H and O–H groups in total. The van der Waals surface area contributed by atoms with Crippen LogP contribution in [0.4, 0.5) is 0 Å². The highest BCUT2D eigenvalue weighted by Gasteiger charge is 2.13. The molecule has 0 heterocycles. The topological polar surface area (TPSA) is 88.4 Å². The van der Waals surface area contributed by atoms with Gasteiger partial charge in [-0.15, -0.1) is 0 Å². The summed E-state index contributed by atoms with van der Waals surface area (Å²) in [6.07, 6.45) is 2.28. The predicted octanol–water partition coefficient (Wildman–Crippen LogP) is 3.97. The molecule has 0 saturated carbocycles. The lowest BCUT2D eigenvalue weighted by Crippen LogP contribution is -2.30. The van der Waals surface area contributed by atoms with Crippen molar-refractivity contribution in [3.63, 3.8) is 0 Å². The van der Waals surface area contributed by atoms with Crippen LogP contribution in [0.3, 0.4) is 0 Å². The molecule has 0 unspecified atom stereocenters. The van der Waals surface area contributed by atoms with Gasteiger partial charge in [-0.25, -0.2) is 0 Å². The number of benzene rings is 2. The summed E-state index contributed by atoms with van der Waals surface area (Å²) in [5.74, 6) is -0.188. The third-order valence-electron chi connectivity index (χ3n) is 4.25. The van der Waals surface area contributed by atoms with Gasteiger partial charge >= 0.3 is 5.97 Å². The van der Waals surface area contributed by atoms with Crippen LogP contribution in [-0.2, 0) is 16.0 Å². The van der Waals surface area contributed by atoms with Crippen molar-refractivity contribution in [2.45, 2.75) is 39.7 Å². The molecule has 0 aliphatic rings. The van der Waals surface area contributed by atoms with E-state index in [1.54, 1.807) is 18.2 Å². The fourth-order valence-corrected chi connectivity index (χ4v) is 2.69. The maximum absolute atomic E-state index is 12.2. The second kappa shape index (κ2) is 10.8. The van der Waals surface area contributed by atoms with Gasteiger partial charge in [0, 0.05) is 12.5 Å². The summed E-state index contributed by atoms with van der Waals surface area (Å²) < 4.78 is 10.8. The fourth-order valence-electron chi connectivity index (χ4n) is 2.69. The predicted molar refractivity (Wildman–Crippen MR) is 115 cm³/mol. The van der Waals surface area contributed by atoms with Crippen LogP contribution in [0.5, 0.6) is 11.5 Å². The monoisotopic (exact) mass is 406 g/mol. The first-order valence-corrected chi connectivity index (χ1v) is 9.69. The molecule has 6 heteroatoms. The van der Waals surface area contributed by atoms with Crippen LogP contribution in [0.15, 0.2) is 48.0 Å². The van der Waals surface area contributed by atoms with E-state index in [2.05, 4.69) is 5.32 Å². The van der Waals surface area contributed by atoms with Gasteiger partial charge in [0.2, 0.25) is 0 Å². The van der Waals surface area contributed by atoms with Crippen molar-refractivity contribution in [3.8, 4) is 17.6 Å². The summed E-state index contributed by atoms with van der Waals surface area (Å²) in [6.45, 7) is 5.65. The minimum Gasteiger partial charge on any atom is -0.493 e. The lowest BCUT2D eigenvalue weighted by molar-refractivity contribution is -0.134. The van der Waals surface area contributed by atoms with Gasteiger partial charge in [0.1, 0.15) is 11.6 Å². The Balaban J connectivity index is 2.08. The molecule has 1 amide bonds. The minimum absolute atomic E-state index is 0.0198. The van der Waals surface area contributed by atoms with Crippen LogP contribution in [0.1, 0.15) is 37.0 Å². The number of rotatable bonds is 8. The zero-order valence-corrected chi connectivity index (χ0v) is 17.7. The maximum atomic E-state index is 12.2. The normalized spacial score (nSPS) is 11.0. The number of ether oxygens (including phenoxy) is 2. The molecule has 0 radical (unpaired) electrons. The Bertz CT molecular complexity index is 970. The number of amides is 1. The van der Waals surface area contributed by atoms with Gasteiger partial charge in [0.05, 0.1) is 7.11 Å². The Hall–Kier alpha value is -3.59. The quantitative estimate of drug-likeness (QED) is 0.310. The van der Waals surface area contributed by atoms with Crippen molar-refractivity contribution >= 4 is 18.0 Å². The van der Waals surface area contributed by atoms with E-state index < -0.39 is 5.91 Å². The third kappa shape index (κ3) is 6.78. The highest BCUT2D eigenvalue weighted by molar-refractivity contribution is 6.01. The van der Waals surface area contributed by atoms with E-state index >= 15 is 0 Å². The molecule has 0 saturated heterocycles. The van der Waals surface area contributed by atoms with Gasteiger partial charge < -0.3 is 14.8 Å². The number of nitrogens with zero attached hydrogens (tertiary/aromatic N) is 1. The van der Waals surface area contributed by atoms with Crippen LogP contribution < -0.4 is 14.8 Å². The van der Waals surface area contributed by atoms with Gasteiger partial charge in [0.25, 0.3) is 5.91 Å². The molecule has 0 aliphatic carbocycles. The van der Waals surface area contributed by atoms with Crippen LogP contribution in [0.25, 0.3) is 6.08 Å². The van der Waals surface area contributed by atoms with E-state index in [-0.39, 0.29) is 29.8 Å². The first-order chi connectivity index (χ1) is 14.3. The van der Waals surface area contributed by atoms with Crippen molar-refractivity contribution in [1.82, 2.24) is 5.32 Å². The summed E-state index contributed by atoms with van der Waals surface area (Å²) in [6, 6.07) is 14.7. The van der Waals surface area contributed by atoms with E-state index in [4.69, 9.17) is 9.47 Å². The Morgan fingerprint density at radius 1 is 1.13 bits per heavy atom. The molecule has 30 heavy (non-hydrogen) atoms. The molecule has 0 aromatic heterocycles. The molecule has 0 atom stereocenters. The second-order valence-corrected chi connectivity index (χ2v) is 7.17. The Kier molecular flexibility index (Phi) is 8.18. The SMILES string of the molecule is COc1cc(/C=C(\C#N)C(=O)NC(C)C)ccc1OC(=O)CCc1ccc(C)cc1. The summed E-state index contributed by atoms with van der Waals surface area (Å²) in [5.41, 5.74) is 2.80. The molecule has 156 valence electrons. The largest absolute Gasteiger partial charge is 0.493 e. The van der Waals surface area contributed by atoms with Crippen LogP contribution in [0.2, 0.25) is 0 Å². The molecule has 2 aromatic carbocycles. The minimum atomic E-state index is -0.446. The summed E-state index contributed by atoms with van der Waals surface area (Å²) in [5, 5.41) is 11.9. The number of hydrogen-bond donors (Lipinski definition) is 1. The Morgan fingerprint density at radius 3 is 2.43 bits per heavy atom. The lowest BCUT2D eigenvalue weighted by atomic mass is 10.1. The number of nitrogens with one attached hydrogen (secondary N) is 1. The average Bonchev–Trinajstić information content (AvgIpc) is 2.71. The fraction of sp³-hybridized carbons (Fsp3) is 0.292. The molecule has 2 rings (SSSR count). The van der Waals surface area contributed by atoms with Crippen LogP contribution in [0, 0.1) is 18.3 Å². The maximum Gasteiger partial charge on any atom is 0.311 e. The molecular weight excluding hydrogens is 380 g/mol. The molecule has 0 bridgehead atoms. The van der Waals surface area contributed by atoms with Gasteiger partial charge in [-0.05, 0) is 56.5 Å². The van der Waals surface area contributed by atoms with Gasteiger partial charge in [-0.3, -0.25) is 9.59 Å². The van der Waals surface area contributed by atoms with Crippen LogP contribution in [-0.4, -0.2) is 25.0 Å². The number of methoxy groups -OCH3 is 1. The molecule has 0 fully saturated rings. The average molecular weight is 406 g/mol. The summed E-state index contributed by atoms with van der Waals surface area (Å²) in [4.78, 5) is 24.3. The van der Waals surface area contributed by atoms with E-state index in [0.717, 1.165) is 5.56 Å². The van der Waals surface area contributed by atoms with Gasteiger partial charge in [-0.1, -0.05) is 35.9 Å². The highest BCUT2D eigenvalue weighted by atomic mass is 16.6. The van der Waals surface area contributed by atoms with E-state index in [9.17, 15) is 14.9 Å². The Morgan fingerprint density at radius 2 is 1.83 bits per heavy atom. The Labute approximate surface area is 177 Å². The third-order valence-corrected chi connectivity index (χ3v) is 4.25. The second-order valence-electron chi connectivity index (χ2n) is 7.17. The molecular formula is C24H26N2O4. The van der Waals surface area contributed by atoms with Gasteiger partial charge in [0.15, 0.2) is 11.5 Å². The van der Waals surface area contributed by atoms with E-state index in [1.807, 2.05) is 51.1 Å². The van der Waals surface area contributed by atoms with E-state index in [1.165, 1.54) is 18.7 Å². The molecule has 2 aromatic rings. The van der Waals surface area contributed by atoms with Crippen molar-refractivity contribution < 1.29 is 19.1 Å². The van der Waals surface area contributed by atoms with E-state index in [0.29, 0.717) is 17.7 Å². The molecule has 0 aliphatic heterocycles. The number of esters is 1. The molecule has 6 nitrogen and oxygen atoms in total. The molecule has 0 spiro atoms. The zero-order chi connectivity index (χ0) is 22.1. The zero-order valence-electron chi connectivity index (χ0n) is 17.7. The summed E-state index contributed by atoms with van der Waals surface area (Å²) in [7, 11) is 1.46. The lowest BCUT2D eigenvalue weighted by Gasteiger charge is -2.11. The number of carbonyl (C=O) groups excluding carboxylic acids is 2. The van der Waals surface area contributed by atoms with Crippen LogP contribution >= 0.6 is 0 Å². The number of carbonyl (C=O) groups is 2. The van der Waals surface area contributed by atoms with Crippen molar-refractivity contribution in [1.29, 1.82) is 5.26 Å². The van der Waals surface area contributed by atoms with Crippen molar-refractivity contribution in [2.24, 2.45) is 0 Å². The first kappa shape index (κ1) is 22.7. The number of aryl methyl sites for hydroxylation is 2. The smallest absolute Gasteiger partial charge is 0.311 e. The standard InChI is InChI=1S/C24H26N2O4/c1-16(2)26-24(28)20(15-25)13-19-9-11-21(22(14-19)29-4)30-23(27)12-10-18-7-5-17(3)6-8-18/h5-9,11,13-14,16H,10,12H2,1-4H3,(H,26,28)/b20-13+. The highest BCUT2D eigenvalue weighted by Crippen LogP contribution is 2.29. The number of hydrogen-bond acceptors (Lipinski definition) is 5. The van der Waals surface area contributed by atoms with Crippen molar-refractivity contribution in [3.05, 3.63) is 64.7 Å². The first-order valence-electron chi connectivity index (χ1n) is 9.69.